The van der Waals surface area contributed by atoms with Gasteiger partial charge in [-0.05, 0) is 32.6 Å². The lowest BCUT2D eigenvalue weighted by Gasteiger charge is -2.28. The minimum atomic E-state index is 0.489. The van der Waals surface area contributed by atoms with E-state index < -0.39 is 0 Å². The molecule has 1 aromatic heterocycles. The van der Waals surface area contributed by atoms with Crippen LogP contribution in [0.25, 0.3) is 0 Å². The van der Waals surface area contributed by atoms with Gasteiger partial charge in [0.25, 0.3) is 0 Å². The molecule has 1 N–H and O–H groups in total. The van der Waals surface area contributed by atoms with Crippen molar-refractivity contribution in [3.05, 3.63) is 16.1 Å². The van der Waals surface area contributed by atoms with Crippen molar-refractivity contribution in [2.45, 2.75) is 51.3 Å². The molecule has 2 rings (SSSR count). The zero-order valence-electron chi connectivity index (χ0n) is 10.0. The highest BCUT2D eigenvalue weighted by molar-refractivity contribution is 7.09. The van der Waals surface area contributed by atoms with Crippen LogP contribution in [0.15, 0.2) is 5.51 Å². The van der Waals surface area contributed by atoms with E-state index in [0.29, 0.717) is 12.1 Å². The van der Waals surface area contributed by atoms with E-state index in [1.165, 1.54) is 36.3 Å². The Hall–Kier alpha value is -0.450. The van der Waals surface area contributed by atoms with Crippen molar-refractivity contribution in [3.8, 4) is 0 Å². The summed E-state index contributed by atoms with van der Waals surface area (Å²) >= 11 is 1.74. The average molecular weight is 240 g/mol. The summed E-state index contributed by atoms with van der Waals surface area (Å²) in [6.07, 6.45) is 5.33. The highest BCUT2D eigenvalue weighted by Gasteiger charge is 2.20. The predicted octanol–water partition coefficient (Wildman–Crippen LogP) is 2.50. The first-order valence-corrected chi connectivity index (χ1v) is 6.82. The molecule has 0 amide bonds. The Morgan fingerprint density at radius 2 is 2.19 bits per heavy atom. The Balaban J connectivity index is 1.73. The number of ether oxygens (including phenoxy) is 1. The van der Waals surface area contributed by atoms with Crippen molar-refractivity contribution < 1.29 is 4.74 Å². The molecule has 1 aliphatic carbocycles. The predicted molar refractivity (Wildman–Crippen MR) is 66.7 cm³/mol. The van der Waals surface area contributed by atoms with Crippen LogP contribution < -0.4 is 5.32 Å². The molecule has 90 valence electrons. The fourth-order valence-corrected chi connectivity index (χ4v) is 2.96. The summed E-state index contributed by atoms with van der Waals surface area (Å²) in [6, 6.07) is 0.660. The smallest absolute Gasteiger partial charge is 0.0798 e. The fourth-order valence-electron chi connectivity index (χ4n) is 2.24. The number of thiazole rings is 1. The second-order valence-corrected chi connectivity index (χ2v) is 5.39. The molecule has 16 heavy (non-hydrogen) atoms. The molecule has 1 aliphatic rings. The van der Waals surface area contributed by atoms with E-state index in [9.17, 15) is 0 Å². The quantitative estimate of drug-likeness (QED) is 0.878. The number of hydrogen-bond acceptors (Lipinski definition) is 4. The van der Waals surface area contributed by atoms with Crippen molar-refractivity contribution >= 4 is 11.3 Å². The molecule has 0 bridgehead atoms. The van der Waals surface area contributed by atoms with Gasteiger partial charge in [0.05, 0.1) is 17.3 Å². The van der Waals surface area contributed by atoms with Crippen molar-refractivity contribution in [2.75, 3.05) is 7.11 Å². The van der Waals surface area contributed by atoms with Crippen molar-refractivity contribution in [1.82, 2.24) is 10.3 Å². The molecule has 0 aromatic carbocycles. The molecular formula is C12H20N2OS. The van der Waals surface area contributed by atoms with E-state index in [2.05, 4.69) is 17.2 Å². The van der Waals surface area contributed by atoms with Gasteiger partial charge in [0.2, 0.25) is 0 Å². The first-order chi connectivity index (χ1) is 7.79. The van der Waals surface area contributed by atoms with Crippen LogP contribution in [0.4, 0.5) is 0 Å². The molecule has 0 aliphatic heterocycles. The van der Waals surface area contributed by atoms with E-state index >= 15 is 0 Å². The summed E-state index contributed by atoms with van der Waals surface area (Å²) < 4.78 is 5.37. The van der Waals surface area contributed by atoms with Crippen molar-refractivity contribution in [1.29, 1.82) is 0 Å². The van der Waals surface area contributed by atoms with Crippen molar-refractivity contribution in [3.63, 3.8) is 0 Å². The Morgan fingerprint density at radius 1 is 1.44 bits per heavy atom. The Kier molecular flexibility index (Phi) is 4.32. The molecule has 0 saturated heterocycles. The zero-order chi connectivity index (χ0) is 11.4. The fraction of sp³-hybridized carbons (Fsp3) is 0.750. The molecule has 4 heteroatoms. The summed E-state index contributed by atoms with van der Waals surface area (Å²) in [7, 11) is 1.82. The third kappa shape index (κ3) is 3.03. The number of aryl methyl sites for hydroxylation is 1. The Labute approximate surface area is 101 Å². The highest BCUT2D eigenvalue weighted by atomic mass is 32.1. The summed E-state index contributed by atoms with van der Waals surface area (Å²) in [4.78, 5) is 5.63. The van der Waals surface area contributed by atoms with Crippen LogP contribution in [0.2, 0.25) is 0 Å². The number of nitrogens with zero attached hydrogens (tertiary/aromatic N) is 1. The van der Waals surface area contributed by atoms with Crippen molar-refractivity contribution in [2.24, 2.45) is 0 Å². The molecular weight excluding hydrogens is 220 g/mol. The van der Waals surface area contributed by atoms with Gasteiger partial charge >= 0.3 is 0 Å². The molecule has 0 unspecified atom stereocenters. The van der Waals surface area contributed by atoms with Gasteiger partial charge in [-0.3, -0.25) is 0 Å². The number of aromatic nitrogens is 1. The lowest BCUT2D eigenvalue weighted by atomic mass is 9.93. The SMILES string of the molecule is COC1CCC(NCc2scnc2C)CC1. The molecule has 1 saturated carbocycles. The summed E-state index contributed by atoms with van der Waals surface area (Å²) in [6.45, 7) is 3.05. The van der Waals surface area contributed by atoms with Crippen LogP contribution in [0.1, 0.15) is 36.3 Å². The summed E-state index contributed by atoms with van der Waals surface area (Å²) in [5.41, 5.74) is 3.09. The maximum Gasteiger partial charge on any atom is 0.0798 e. The Bertz CT molecular complexity index is 319. The highest BCUT2D eigenvalue weighted by Crippen LogP contribution is 2.21. The number of hydrogen-bond donors (Lipinski definition) is 1. The maximum atomic E-state index is 5.37. The van der Waals surface area contributed by atoms with Crippen LogP contribution in [0.5, 0.6) is 0 Å². The van der Waals surface area contributed by atoms with Crippen LogP contribution in [0, 0.1) is 6.92 Å². The molecule has 0 atom stereocenters. The molecule has 0 radical (unpaired) electrons. The maximum absolute atomic E-state index is 5.37. The lowest BCUT2D eigenvalue weighted by molar-refractivity contribution is 0.0624. The second kappa shape index (κ2) is 5.75. The molecule has 1 heterocycles. The summed E-state index contributed by atoms with van der Waals surface area (Å²) in [5.74, 6) is 0. The van der Waals surface area contributed by atoms with E-state index in [0.717, 1.165) is 6.54 Å². The second-order valence-electron chi connectivity index (χ2n) is 4.45. The minimum absolute atomic E-state index is 0.489. The van der Waals surface area contributed by atoms with E-state index in [1.54, 1.807) is 11.3 Å². The van der Waals surface area contributed by atoms with E-state index in [4.69, 9.17) is 4.74 Å². The average Bonchev–Trinajstić information content (AvgIpc) is 2.73. The van der Waals surface area contributed by atoms with Gasteiger partial charge in [0.15, 0.2) is 0 Å². The number of rotatable bonds is 4. The first kappa shape index (κ1) is 12.0. The third-order valence-corrected chi connectivity index (χ3v) is 4.34. The number of methoxy groups -OCH3 is 1. The van der Waals surface area contributed by atoms with Gasteiger partial charge in [-0.1, -0.05) is 0 Å². The third-order valence-electron chi connectivity index (χ3n) is 3.40. The molecule has 0 spiro atoms. The van der Waals surface area contributed by atoms with Gasteiger partial charge in [0.1, 0.15) is 0 Å². The van der Waals surface area contributed by atoms with Gasteiger partial charge in [-0.15, -0.1) is 11.3 Å². The van der Waals surface area contributed by atoms with Gasteiger partial charge < -0.3 is 10.1 Å². The standard InChI is InChI=1S/C12H20N2OS/c1-9-12(16-8-14-9)7-13-10-3-5-11(15-2)6-4-10/h8,10-11,13H,3-7H2,1-2H3. The topological polar surface area (TPSA) is 34.1 Å². The minimum Gasteiger partial charge on any atom is -0.381 e. The van der Waals surface area contributed by atoms with E-state index in [-0.39, 0.29) is 0 Å². The zero-order valence-corrected chi connectivity index (χ0v) is 10.8. The van der Waals surface area contributed by atoms with Crippen LogP contribution in [0.3, 0.4) is 0 Å². The monoisotopic (exact) mass is 240 g/mol. The summed E-state index contributed by atoms with van der Waals surface area (Å²) in [5, 5.41) is 3.62. The van der Waals surface area contributed by atoms with Crippen LogP contribution in [-0.2, 0) is 11.3 Å². The molecule has 1 fully saturated rings. The van der Waals surface area contributed by atoms with Gasteiger partial charge in [-0.25, -0.2) is 4.98 Å². The normalized spacial score (nSPS) is 25.9. The molecule has 3 nitrogen and oxygen atoms in total. The first-order valence-electron chi connectivity index (χ1n) is 5.94. The molecule has 1 aromatic rings. The largest absolute Gasteiger partial charge is 0.381 e. The number of nitrogens with one attached hydrogen (secondary N) is 1. The Morgan fingerprint density at radius 3 is 2.75 bits per heavy atom. The van der Waals surface area contributed by atoms with Gasteiger partial charge in [-0.2, -0.15) is 0 Å². The lowest BCUT2D eigenvalue weighted by Crippen LogP contribution is -2.34. The van der Waals surface area contributed by atoms with E-state index in [1.807, 2.05) is 12.6 Å². The van der Waals surface area contributed by atoms with Crippen LogP contribution >= 0.6 is 11.3 Å². The van der Waals surface area contributed by atoms with Crippen LogP contribution in [-0.4, -0.2) is 24.2 Å². The van der Waals surface area contributed by atoms with Gasteiger partial charge in [0, 0.05) is 24.6 Å².